The molecule has 0 saturated heterocycles. The Morgan fingerprint density at radius 2 is 1.47 bits per heavy atom. The van der Waals surface area contributed by atoms with E-state index in [-0.39, 0.29) is 0 Å². The fourth-order valence-corrected chi connectivity index (χ4v) is 3.52. The number of aromatic nitrogens is 2. The number of aryl methyl sites for hydroxylation is 1. The summed E-state index contributed by atoms with van der Waals surface area (Å²) >= 11 is 0. The molecule has 0 atom stereocenters. The lowest BCUT2D eigenvalue weighted by Crippen LogP contribution is -1.97. The molecule has 0 spiro atoms. The van der Waals surface area contributed by atoms with Crippen molar-refractivity contribution in [3.8, 4) is 17.1 Å². The van der Waals surface area contributed by atoms with Gasteiger partial charge in [-0.3, -0.25) is 0 Å². The summed E-state index contributed by atoms with van der Waals surface area (Å²) in [5.74, 6) is 1.70. The Kier molecular flexibility index (Phi) is 12.6. The van der Waals surface area contributed by atoms with Gasteiger partial charge < -0.3 is 4.74 Å². The van der Waals surface area contributed by atoms with Gasteiger partial charge >= 0.3 is 0 Å². The number of nitrogens with zero attached hydrogens (tertiary/aromatic N) is 2. The van der Waals surface area contributed by atoms with Crippen LogP contribution in [0, 0.1) is 0 Å². The van der Waals surface area contributed by atoms with Crippen LogP contribution >= 0.6 is 0 Å². The Morgan fingerprint density at radius 1 is 0.800 bits per heavy atom. The summed E-state index contributed by atoms with van der Waals surface area (Å²) in [6.45, 7) is 5.10. The highest BCUT2D eigenvalue weighted by Gasteiger charge is 2.03. The first-order valence-electron chi connectivity index (χ1n) is 12.0. The second kappa shape index (κ2) is 15.6. The maximum absolute atomic E-state index is 5.82. The van der Waals surface area contributed by atoms with Gasteiger partial charge in [0.15, 0.2) is 5.82 Å². The molecule has 2 rings (SSSR count). The van der Waals surface area contributed by atoms with Gasteiger partial charge in [0, 0.05) is 18.0 Å². The van der Waals surface area contributed by atoms with Crippen LogP contribution in [0.3, 0.4) is 0 Å². The lowest BCUT2D eigenvalue weighted by Gasteiger charge is -2.07. The molecule has 0 amide bonds. The molecule has 0 radical (unpaired) electrons. The summed E-state index contributed by atoms with van der Waals surface area (Å²) in [4.78, 5) is 9.15. The number of hydrogen-bond donors (Lipinski definition) is 0. The minimum Gasteiger partial charge on any atom is -0.494 e. The zero-order chi connectivity index (χ0) is 21.3. The molecule has 0 N–H and O–H groups in total. The molecule has 164 valence electrons. The van der Waals surface area contributed by atoms with Gasteiger partial charge in [0.2, 0.25) is 0 Å². The van der Waals surface area contributed by atoms with Gasteiger partial charge in [0.25, 0.3) is 0 Å². The van der Waals surface area contributed by atoms with Crippen LogP contribution in [0.4, 0.5) is 0 Å². The first-order valence-corrected chi connectivity index (χ1v) is 12.0. The van der Waals surface area contributed by atoms with E-state index in [0.29, 0.717) is 0 Å². The molecular formula is C27H40N2O. The molecule has 0 fully saturated rings. The molecule has 1 heterocycles. The predicted molar refractivity (Wildman–Crippen MR) is 128 cm³/mol. The molecule has 0 unspecified atom stereocenters. The molecule has 0 aliphatic rings. The summed E-state index contributed by atoms with van der Waals surface area (Å²) in [5, 5.41) is 0. The van der Waals surface area contributed by atoms with E-state index in [1.165, 1.54) is 63.4 Å². The lowest BCUT2D eigenvalue weighted by atomic mass is 10.1. The molecule has 0 aliphatic carbocycles. The van der Waals surface area contributed by atoms with Crippen LogP contribution in [-0.2, 0) is 6.42 Å². The van der Waals surface area contributed by atoms with Crippen molar-refractivity contribution in [2.75, 3.05) is 6.61 Å². The quantitative estimate of drug-likeness (QED) is 0.209. The number of ether oxygens (including phenoxy) is 1. The Labute approximate surface area is 184 Å². The van der Waals surface area contributed by atoms with Crippen molar-refractivity contribution in [1.29, 1.82) is 0 Å². The monoisotopic (exact) mass is 408 g/mol. The second-order valence-electron chi connectivity index (χ2n) is 8.08. The summed E-state index contributed by atoms with van der Waals surface area (Å²) in [6.07, 6.45) is 23.5. The zero-order valence-corrected chi connectivity index (χ0v) is 19.1. The van der Waals surface area contributed by atoms with Crippen molar-refractivity contribution in [1.82, 2.24) is 9.97 Å². The van der Waals surface area contributed by atoms with Crippen LogP contribution in [0.5, 0.6) is 5.75 Å². The van der Waals surface area contributed by atoms with Crippen molar-refractivity contribution in [2.24, 2.45) is 0 Å². The number of rotatable bonds is 16. The third-order valence-electron chi connectivity index (χ3n) is 5.41. The largest absolute Gasteiger partial charge is 0.494 e. The Hall–Kier alpha value is -2.16. The summed E-state index contributed by atoms with van der Waals surface area (Å²) in [6, 6.07) is 8.11. The third kappa shape index (κ3) is 10.0. The Bertz CT molecular complexity index is 692. The van der Waals surface area contributed by atoms with Gasteiger partial charge in [-0.1, -0.05) is 64.0 Å². The molecular weight excluding hydrogens is 368 g/mol. The van der Waals surface area contributed by atoms with Gasteiger partial charge in [-0.25, -0.2) is 9.97 Å². The first-order chi connectivity index (χ1) is 14.8. The normalized spacial score (nSPS) is 11.3. The van der Waals surface area contributed by atoms with E-state index in [1.807, 2.05) is 36.7 Å². The number of hydrogen-bond acceptors (Lipinski definition) is 3. The average Bonchev–Trinajstić information content (AvgIpc) is 2.79. The molecule has 1 aromatic heterocycles. The number of benzene rings is 1. The summed E-state index contributed by atoms with van der Waals surface area (Å²) < 4.78 is 5.82. The zero-order valence-electron chi connectivity index (χ0n) is 19.1. The lowest BCUT2D eigenvalue weighted by molar-refractivity contribution is 0.307. The van der Waals surface area contributed by atoms with Gasteiger partial charge in [-0.05, 0) is 68.9 Å². The van der Waals surface area contributed by atoms with Gasteiger partial charge in [0.1, 0.15) is 5.75 Å². The molecule has 2 aromatic rings. The average molecular weight is 409 g/mol. The molecule has 0 bridgehead atoms. The van der Waals surface area contributed by atoms with Crippen LogP contribution in [-0.4, -0.2) is 16.6 Å². The fraction of sp³-hybridized carbons (Fsp3) is 0.556. The molecule has 0 saturated carbocycles. The van der Waals surface area contributed by atoms with E-state index in [0.717, 1.165) is 43.0 Å². The SMILES string of the molecule is CC=CCCCCOc1ccc(-c2ncc(CCCCCCCCCC)cn2)cc1. The summed E-state index contributed by atoms with van der Waals surface area (Å²) in [7, 11) is 0. The summed E-state index contributed by atoms with van der Waals surface area (Å²) in [5.41, 5.74) is 2.27. The van der Waals surface area contributed by atoms with E-state index < -0.39 is 0 Å². The van der Waals surface area contributed by atoms with E-state index in [1.54, 1.807) is 0 Å². The highest BCUT2D eigenvalue weighted by atomic mass is 16.5. The standard InChI is InChI=1S/C27H40N2O/c1-3-5-7-9-10-11-12-14-16-24-22-28-27(29-23-24)25-17-19-26(20-18-25)30-21-15-13-8-6-4-2/h4,6,17-20,22-23H,3,5,7-16,21H2,1-2H3. The minimum atomic E-state index is 0.765. The fourth-order valence-electron chi connectivity index (χ4n) is 3.52. The Balaban J connectivity index is 1.66. The van der Waals surface area contributed by atoms with Crippen molar-refractivity contribution >= 4 is 0 Å². The van der Waals surface area contributed by atoms with E-state index in [4.69, 9.17) is 4.74 Å². The predicted octanol–water partition coefficient (Wildman–Crippen LogP) is 7.95. The molecule has 3 nitrogen and oxygen atoms in total. The molecule has 30 heavy (non-hydrogen) atoms. The van der Waals surface area contributed by atoms with Crippen molar-refractivity contribution in [2.45, 2.75) is 90.9 Å². The Morgan fingerprint density at radius 3 is 2.13 bits per heavy atom. The smallest absolute Gasteiger partial charge is 0.159 e. The van der Waals surface area contributed by atoms with Gasteiger partial charge in [-0.15, -0.1) is 0 Å². The molecule has 3 heteroatoms. The van der Waals surface area contributed by atoms with Crippen LogP contribution in [0.1, 0.15) is 90.0 Å². The van der Waals surface area contributed by atoms with Crippen LogP contribution in [0.25, 0.3) is 11.4 Å². The molecule has 0 aliphatic heterocycles. The van der Waals surface area contributed by atoms with Gasteiger partial charge in [-0.2, -0.15) is 0 Å². The number of unbranched alkanes of at least 4 members (excludes halogenated alkanes) is 9. The van der Waals surface area contributed by atoms with E-state index in [9.17, 15) is 0 Å². The third-order valence-corrected chi connectivity index (χ3v) is 5.41. The van der Waals surface area contributed by atoms with Gasteiger partial charge in [0.05, 0.1) is 6.61 Å². The van der Waals surface area contributed by atoms with Crippen molar-refractivity contribution in [3.63, 3.8) is 0 Å². The highest BCUT2D eigenvalue weighted by molar-refractivity contribution is 5.55. The maximum atomic E-state index is 5.82. The van der Waals surface area contributed by atoms with Crippen molar-refractivity contribution < 1.29 is 4.74 Å². The van der Waals surface area contributed by atoms with Crippen LogP contribution in [0.15, 0.2) is 48.8 Å². The van der Waals surface area contributed by atoms with E-state index >= 15 is 0 Å². The maximum Gasteiger partial charge on any atom is 0.159 e. The number of allylic oxidation sites excluding steroid dienone is 2. The van der Waals surface area contributed by atoms with Crippen LogP contribution in [0.2, 0.25) is 0 Å². The van der Waals surface area contributed by atoms with Crippen molar-refractivity contribution in [3.05, 3.63) is 54.4 Å². The van der Waals surface area contributed by atoms with Crippen LogP contribution < -0.4 is 4.74 Å². The highest BCUT2D eigenvalue weighted by Crippen LogP contribution is 2.20. The van der Waals surface area contributed by atoms with E-state index in [2.05, 4.69) is 36.0 Å². The first kappa shape index (κ1) is 24.1. The molecule has 1 aromatic carbocycles. The minimum absolute atomic E-state index is 0.765. The topological polar surface area (TPSA) is 35.0 Å². The second-order valence-corrected chi connectivity index (χ2v) is 8.08.